The molecule has 0 bridgehead atoms. The first kappa shape index (κ1) is 29.1. The molecule has 1 atom stereocenters. The maximum atomic E-state index is 14.2. The van der Waals surface area contributed by atoms with Crippen LogP contribution in [0.25, 0.3) is 6.08 Å². The highest BCUT2D eigenvalue weighted by molar-refractivity contribution is 9.11. The number of thiazole rings is 1. The van der Waals surface area contributed by atoms with Crippen molar-refractivity contribution >= 4 is 66.8 Å². The summed E-state index contributed by atoms with van der Waals surface area (Å²) in [5.74, 6) is 1.59. The number of hydrogen-bond acceptors (Lipinski definition) is 6. The Morgan fingerprint density at radius 3 is 2.46 bits per heavy atom. The third-order valence-electron chi connectivity index (χ3n) is 5.40. The molecule has 0 saturated carbocycles. The zero-order valence-electron chi connectivity index (χ0n) is 19.8. The number of alkyl halides is 3. The van der Waals surface area contributed by atoms with E-state index < -0.39 is 35.0 Å². The van der Waals surface area contributed by atoms with Gasteiger partial charge in [0.05, 0.1) is 31.7 Å². The fourth-order valence-corrected chi connectivity index (χ4v) is 6.44. The number of benzene rings is 2. The molecule has 0 aliphatic carbocycles. The van der Waals surface area contributed by atoms with E-state index in [1.54, 1.807) is 12.1 Å². The normalized spacial score (nSPS) is 15.4. The van der Waals surface area contributed by atoms with E-state index in [4.69, 9.17) is 27.5 Å². The van der Waals surface area contributed by atoms with E-state index in [0.717, 1.165) is 15.9 Å². The zero-order chi connectivity index (χ0) is 28.5. The van der Waals surface area contributed by atoms with Crippen LogP contribution in [0.1, 0.15) is 24.1 Å². The Morgan fingerprint density at radius 2 is 1.90 bits per heavy atom. The topological polar surface area (TPSA) is 69.9 Å². The summed E-state index contributed by atoms with van der Waals surface area (Å²) in [6.07, 6.45) is 1.76. The number of nitrogens with zero attached hydrogens (tertiary/aromatic N) is 2. The number of esters is 1. The summed E-state index contributed by atoms with van der Waals surface area (Å²) < 4.78 is 55.3. The number of carbonyl (C=O) groups is 1. The first-order chi connectivity index (χ1) is 18.5. The van der Waals surface area contributed by atoms with Crippen molar-refractivity contribution in [1.82, 2.24) is 4.57 Å². The number of terminal acetylenes is 1. The molecule has 1 aliphatic rings. The van der Waals surface area contributed by atoms with Crippen molar-refractivity contribution < 1.29 is 27.4 Å². The van der Waals surface area contributed by atoms with Gasteiger partial charge in [-0.1, -0.05) is 41.0 Å². The lowest BCUT2D eigenvalue weighted by molar-refractivity contribution is -0.140. The largest absolute Gasteiger partial charge is 0.479 e. The molecule has 202 valence electrons. The minimum Gasteiger partial charge on any atom is -0.479 e. The Kier molecular flexibility index (Phi) is 8.75. The molecule has 4 rings (SSSR count). The lowest BCUT2D eigenvalue weighted by Gasteiger charge is -2.26. The molecular weight excluding hydrogens is 689 g/mol. The summed E-state index contributed by atoms with van der Waals surface area (Å²) in [5.41, 5.74) is -2.08. The minimum absolute atomic E-state index is 0.0319. The third-order valence-corrected chi connectivity index (χ3v) is 7.81. The first-order valence-electron chi connectivity index (χ1n) is 11.1. The van der Waals surface area contributed by atoms with Crippen molar-refractivity contribution in [3.63, 3.8) is 0 Å². The molecule has 6 nitrogen and oxygen atoms in total. The predicted octanol–water partition coefficient (Wildman–Crippen LogP) is 5.53. The second-order valence-corrected chi connectivity index (χ2v) is 11.1. The number of rotatable bonds is 6. The van der Waals surface area contributed by atoms with Crippen LogP contribution >= 0.6 is 54.8 Å². The number of halogens is 6. The molecule has 2 heterocycles. The zero-order valence-corrected chi connectivity index (χ0v) is 24.6. The molecule has 0 N–H and O–H groups in total. The van der Waals surface area contributed by atoms with Gasteiger partial charge in [0.25, 0.3) is 5.56 Å². The Morgan fingerprint density at radius 1 is 1.26 bits per heavy atom. The number of carbonyl (C=O) groups excluding carboxylic acids is 1. The van der Waals surface area contributed by atoms with Crippen molar-refractivity contribution in [3.05, 3.63) is 92.5 Å². The molecule has 1 aliphatic heterocycles. The van der Waals surface area contributed by atoms with Crippen molar-refractivity contribution in [2.75, 3.05) is 13.2 Å². The van der Waals surface area contributed by atoms with Crippen LogP contribution < -0.4 is 19.6 Å². The van der Waals surface area contributed by atoms with Gasteiger partial charge in [0.1, 0.15) is 12.4 Å². The Balaban J connectivity index is 1.98. The number of ether oxygens (including phenoxy) is 2. The van der Waals surface area contributed by atoms with Gasteiger partial charge in [-0.3, -0.25) is 9.36 Å². The van der Waals surface area contributed by atoms with Gasteiger partial charge in [-0.15, -0.1) is 6.42 Å². The Hall–Kier alpha value is -2.85. The molecule has 0 fully saturated rings. The minimum atomic E-state index is -4.99. The number of fused-ring (bicyclic) bond motifs is 1. The van der Waals surface area contributed by atoms with Crippen LogP contribution in [0.15, 0.2) is 66.4 Å². The third kappa shape index (κ3) is 6.01. The Labute approximate surface area is 245 Å². The van der Waals surface area contributed by atoms with Crippen LogP contribution in [0, 0.1) is 12.3 Å². The molecule has 0 unspecified atom stereocenters. The lowest BCUT2D eigenvalue weighted by atomic mass is 9.95. The highest BCUT2D eigenvalue weighted by atomic mass is 79.9. The van der Waals surface area contributed by atoms with E-state index in [1.165, 1.54) is 37.3 Å². The molecule has 0 radical (unpaired) electrons. The van der Waals surface area contributed by atoms with Gasteiger partial charge in [0, 0.05) is 5.02 Å². The van der Waals surface area contributed by atoms with Crippen LogP contribution in [-0.4, -0.2) is 29.9 Å². The number of allylic oxidation sites excluding steroid dienone is 1. The van der Waals surface area contributed by atoms with E-state index in [0.29, 0.717) is 25.3 Å². The van der Waals surface area contributed by atoms with Crippen molar-refractivity contribution in [3.8, 4) is 18.1 Å². The first-order valence-corrected chi connectivity index (χ1v) is 13.8. The SMILES string of the molecule is C#CCOc1c(Br)cc(/C=c2\sc3n(c2=O)[C@H](c2ccc(Cl)cc2)C(C(=O)OCC)=C(C(F)(F)F)N=3)cc1Br. The number of aromatic nitrogens is 1. The van der Waals surface area contributed by atoms with Crippen LogP contribution in [0.2, 0.25) is 5.02 Å². The fourth-order valence-electron chi connectivity index (χ4n) is 3.87. The highest BCUT2D eigenvalue weighted by Crippen LogP contribution is 2.39. The monoisotopic (exact) mass is 702 g/mol. The van der Waals surface area contributed by atoms with Crippen molar-refractivity contribution in [1.29, 1.82) is 0 Å². The average Bonchev–Trinajstić information content (AvgIpc) is 3.17. The van der Waals surface area contributed by atoms with Gasteiger partial charge < -0.3 is 9.47 Å². The smallest absolute Gasteiger partial charge is 0.434 e. The van der Waals surface area contributed by atoms with Gasteiger partial charge in [-0.2, -0.15) is 13.2 Å². The Bertz CT molecular complexity index is 1680. The van der Waals surface area contributed by atoms with Gasteiger partial charge in [-0.25, -0.2) is 9.79 Å². The van der Waals surface area contributed by atoms with E-state index in [9.17, 15) is 22.8 Å². The maximum absolute atomic E-state index is 14.2. The van der Waals surface area contributed by atoms with Gasteiger partial charge >= 0.3 is 12.1 Å². The molecular formula is C26H16Br2ClF3N2O4S. The molecule has 0 spiro atoms. The van der Waals surface area contributed by atoms with Crippen LogP contribution in [0.4, 0.5) is 13.2 Å². The van der Waals surface area contributed by atoms with E-state index in [1.807, 2.05) is 0 Å². The molecule has 1 aromatic heterocycles. The van der Waals surface area contributed by atoms with Gasteiger partial charge in [0.2, 0.25) is 0 Å². The summed E-state index contributed by atoms with van der Waals surface area (Å²) in [4.78, 5) is 30.1. The van der Waals surface area contributed by atoms with E-state index >= 15 is 0 Å². The van der Waals surface area contributed by atoms with E-state index in [2.05, 4.69) is 42.8 Å². The maximum Gasteiger partial charge on any atom is 0.434 e. The predicted molar refractivity (Wildman–Crippen MR) is 148 cm³/mol. The summed E-state index contributed by atoms with van der Waals surface area (Å²) in [5, 5.41) is 0.328. The standard InChI is InChI=1S/C26H16Br2ClF3N2O4S/c1-3-9-38-21-16(27)10-13(11-17(21)28)12-18-23(35)34-20(14-5-7-15(29)8-6-14)19(24(36)37-4-2)22(26(30,31)32)33-25(34)39-18/h1,5-8,10-12,20H,4,9H2,2H3/b18-12-/t20-/m1/s1. The summed E-state index contributed by atoms with van der Waals surface area (Å²) in [7, 11) is 0. The molecule has 13 heteroatoms. The molecule has 0 saturated heterocycles. The summed E-state index contributed by atoms with van der Waals surface area (Å²) in [6.45, 7) is 1.33. The highest BCUT2D eigenvalue weighted by Gasteiger charge is 2.45. The lowest BCUT2D eigenvalue weighted by Crippen LogP contribution is -2.41. The second kappa shape index (κ2) is 11.7. The van der Waals surface area contributed by atoms with Crippen LogP contribution in [0.5, 0.6) is 5.75 Å². The molecule has 0 amide bonds. The number of hydrogen-bond donors (Lipinski definition) is 0. The molecule has 2 aromatic carbocycles. The van der Waals surface area contributed by atoms with Gasteiger partial charge in [-0.05, 0) is 80.3 Å². The van der Waals surface area contributed by atoms with Crippen molar-refractivity contribution in [2.24, 2.45) is 4.99 Å². The summed E-state index contributed by atoms with van der Waals surface area (Å²) >= 11 is 13.5. The van der Waals surface area contributed by atoms with Crippen molar-refractivity contribution in [2.45, 2.75) is 19.1 Å². The second-order valence-electron chi connectivity index (χ2n) is 7.92. The quantitative estimate of drug-likeness (QED) is 0.250. The average molecular weight is 705 g/mol. The summed E-state index contributed by atoms with van der Waals surface area (Å²) in [6, 6.07) is 7.70. The van der Waals surface area contributed by atoms with Crippen LogP contribution in [0.3, 0.4) is 0 Å². The molecule has 39 heavy (non-hydrogen) atoms. The van der Waals surface area contributed by atoms with Gasteiger partial charge in [0.15, 0.2) is 10.5 Å². The van der Waals surface area contributed by atoms with Crippen LogP contribution in [-0.2, 0) is 9.53 Å². The fraction of sp³-hybridized carbons (Fsp3) is 0.192. The van der Waals surface area contributed by atoms with E-state index in [-0.39, 0.29) is 28.1 Å². The molecule has 3 aromatic rings.